The van der Waals surface area contributed by atoms with Crippen LogP contribution in [0.2, 0.25) is 0 Å². The highest BCUT2D eigenvalue weighted by Gasteiger charge is 2.27. The number of sulfonamides is 1. The molecule has 3 rings (SSSR count). The number of hydrogen-bond donors (Lipinski definition) is 0. The van der Waals surface area contributed by atoms with E-state index in [1.165, 1.54) is 6.26 Å². The minimum absolute atomic E-state index is 0.146. The van der Waals surface area contributed by atoms with Crippen LogP contribution < -0.4 is 0 Å². The van der Waals surface area contributed by atoms with E-state index in [1.54, 1.807) is 4.31 Å². The Morgan fingerprint density at radius 2 is 2.09 bits per heavy atom. The molecule has 1 unspecified atom stereocenters. The Morgan fingerprint density at radius 1 is 1.30 bits per heavy atom. The number of piperidine rings is 1. The quantitative estimate of drug-likeness (QED) is 0.860. The highest BCUT2D eigenvalue weighted by atomic mass is 32.2. The Labute approximate surface area is 137 Å². The standard InChI is InChI=1S/C16H22N4O2S/c1-12-17-10-16(19(12)2)15-8-4-7-14(18-15)13-6-5-9-20(11-13)23(3,21)22/h4,7-8,10,13H,5-6,9,11H2,1-3H3. The SMILES string of the molecule is Cc1ncc(-c2cccc(C3CCCN(S(C)(=O)=O)C3)n2)n1C. The van der Waals surface area contributed by atoms with Gasteiger partial charge in [-0.1, -0.05) is 6.07 Å². The van der Waals surface area contributed by atoms with E-state index >= 15 is 0 Å². The summed E-state index contributed by atoms with van der Waals surface area (Å²) in [6.45, 7) is 3.08. The van der Waals surface area contributed by atoms with Crippen molar-refractivity contribution in [3.8, 4) is 11.4 Å². The van der Waals surface area contributed by atoms with Crippen LogP contribution in [0.4, 0.5) is 0 Å². The summed E-state index contributed by atoms with van der Waals surface area (Å²) in [7, 11) is -1.17. The Balaban J connectivity index is 1.89. The molecule has 2 aromatic heterocycles. The lowest BCUT2D eigenvalue weighted by Gasteiger charge is -2.30. The zero-order valence-corrected chi connectivity index (χ0v) is 14.5. The maximum Gasteiger partial charge on any atom is 0.211 e. The second-order valence-electron chi connectivity index (χ2n) is 6.16. The summed E-state index contributed by atoms with van der Waals surface area (Å²) in [6, 6.07) is 5.94. The van der Waals surface area contributed by atoms with Crippen LogP contribution in [0.3, 0.4) is 0 Å². The van der Waals surface area contributed by atoms with Crippen molar-refractivity contribution in [3.63, 3.8) is 0 Å². The molecule has 23 heavy (non-hydrogen) atoms. The molecule has 7 heteroatoms. The Morgan fingerprint density at radius 3 is 2.74 bits per heavy atom. The number of hydrogen-bond acceptors (Lipinski definition) is 4. The van der Waals surface area contributed by atoms with Gasteiger partial charge < -0.3 is 4.57 Å². The van der Waals surface area contributed by atoms with E-state index in [4.69, 9.17) is 4.98 Å². The van der Waals surface area contributed by atoms with E-state index < -0.39 is 10.0 Å². The Kier molecular flexibility index (Phi) is 4.25. The van der Waals surface area contributed by atoms with Crippen molar-refractivity contribution in [2.75, 3.05) is 19.3 Å². The Hall–Kier alpha value is -1.73. The van der Waals surface area contributed by atoms with E-state index in [1.807, 2.05) is 42.9 Å². The highest BCUT2D eigenvalue weighted by molar-refractivity contribution is 7.88. The first-order valence-electron chi connectivity index (χ1n) is 7.77. The summed E-state index contributed by atoms with van der Waals surface area (Å²) in [5.41, 5.74) is 2.80. The molecular weight excluding hydrogens is 312 g/mol. The molecule has 0 spiro atoms. The third-order valence-electron chi connectivity index (χ3n) is 4.52. The van der Waals surface area contributed by atoms with E-state index in [9.17, 15) is 8.42 Å². The molecule has 1 aliphatic rings. The maximum atomic E-state index is 11.8. The van der Waals surface area contributed by atoms with Gasteiger partial charge >= 0.3 is 0 Å². The van der Waals surface area contributed by atoms with Gasteiger partial charge in [-0.2, -0.15) is 0 Å². The van der Waals surface area contributed by atoms with Crippen LogP contribution in [0.25, 0.3) is 11.4 Å². The number of rotatable bonds is 3. The van der Waals surface area contributed by atoms with Crippen molar-refractivity contribution in [2.24, 2.45) is 7.05 Å². The highest BCUT2D eigenvalue weighted by Crippen LogP contribution is 2.28. The Bertz CT molecular complexity index is 813. The fraction of sp³-hybridized carbons (Fsp3) is 0.500. The molecule has 0 radical (unpaired) electrons. The summed E-state index contributed by atoms with van der Waals surface area (Å²) in [5, 5.41) is 0. The van der Waals surface area contributed by atoms with E-state index in [-0.39, 0.29) is 5.92 Å². The topological polar surface area (TPSA) is 68.1 Å². The smallest absolute Gasteiger partial charge is 0.211 e. The predicted molar refractivity (Wildman–Crippen MR) is 89.6 cm³/mol. The first-order valence-corrected chi connectivity index (χ1v) is 9.62. The zero-order chi connectivity index (χ0) is 16.6. The summed E-state index contributed by atoms with van der Waals surface area (Å²) in [6.07, 6.45) is 4.93. The molecule has 0 bridgehead atoms. The predicted octanol–water partition coefficient (Wildman–Crippen LogP) is 1.93. The number of pyridine rings is 1. The molecule has 1 atom stereocenters. The van der Waals surface area contributed by atoms with Crippen LogP contribution >= 0.6 is 0 Å². The molecule has 3 heterocycles. The first-order chi connectivity index (χ1) is 10.9. The number of aromatic nitrogens is 3. The van der Waals surface area contributed by atoms with E-state index in [0.717, 1.165) is 35.7 Å². The van der Waals surface area contributed by atoms with Crippen molar-refractivity contribution in [2.45, 2.75) is 25.7 Å². The molecule has 0 aliphatic carbocycles. The van der Waals surface area contributed by atoms with Gasteiger partial charge in [0.2, 0.25) is 10.0 Å². The summed E-state index contributed by atoms with van der Waals surface area (Å²) in [5.74, 6) is 1.08. The lowest BCUT2D eigenvalue weighted by molar-refractivity contribution is 0.314. The average Bonchev–Trinajstić information content (AvgIpc) is 2.86. The average molecular weight is 334 g/mol. The summed E-state index contributed by atoms with van der Waals surface area (Å²) in [4.78, 5) is 9.09. The molecule has 1 saturated heterocycles. The largest absolute Gasteiger partial charge is 0.330 e. The van der Waals surface area contributed by atoms with Crippen molar-refractivity contribution < 1.29 is 8.42 Å². The van der Waals surface area contributed by atoms with Crippen molar-refractivity contribution in [3.05, 3.63) is 35.9 Å². The van der Waals surface area contributed by atoms with Crippen LogP contribution in [0.5, 0.6) is 0 Å². The zero-order valence-electron chi connectivity index (χ0n) is 13.7. The summed E-state index contributed by atoms with van der Waals surface area (Å²) < 4.78 is 27.2. The molecule has 2 aromatic rings. The van der Waals surface area contributed by atoms with Crippen molar-refractivity contribution in [1.82, 2.24) is 18.8 Å². The molecule has 124 valence electrons. The van der Waals surface area contributed by atoms with Crippen LogP contribution in [-0.4, -0.2) is 46.6 Å². The number of aryl methyl sites for hydroxylation is 1. The van der Waals surface area contributed by atoms with E-state index in [2.05, 4.69) is 4.98 Å². The lowest BCUT2D eigenvalue weighted by atomic mass is 9.95. The summed E-state index contributed by atoms with van der Waals surface area (Å²) >= 11 is 0. The molecule has 1 fully saturated rings. The first kappa shape index (κ1) is 16.1. The second kappa shape index (κ2) is 6.05. The monoisotopic (exact) mass is 334 g/mol. The van der Waals surface area contributed by atoms with Crippen LogP contribution in [0, 0.1) is 6.92 Å². The maximum absolute atomic E-state index is 11.8. The molecular formula is C16H22N4O2S. The van der Waals surface area contributed by atoms with Gasteiger partial charge in [-0.25, -0.2) is 17.7 Å². The van der Waals surface area contributed by atoms with Crippen molar-refractivity contribution in [1.29, 1.82) is 0 Å². The van der Waals surface area contributed by atoms with E-state index in [0.29, 0.717) is 13.1 Å². The van der Waals surface area contributed by atoms with Crippen LogP contribution in [0.1, 0.15) is 30.3 Å². The van der Waals surface area contributed by atoms with Gasteiger partial charge in [-0.15, -0.1) is 0 Å². The van der Waals surface area contributed by atoms with Crippen molar-refractivity contribution >= 4 is 10.0 Å². The van der Waals surface area contributed by atoms with Gasteiger partial charge in [0.05, 0.1) is 23.8 Å². The van der Waals surface area contributed by atoms with Gasteiger partial charge in [0.25, 0.3) is 0 Å². The molecule has 0 saturated carbocycles. The van der Waals surface area contributed by atoms with Crippen LogP contribution in [0.15, 0.2) is 24.4 Å². The molecule has 1 aliphatic heterocycles. The van der Waals surface area contributed by atoms with Crippen LogP contribution in [-0.2, 0) is 17.1 Å². The normalized spacial score (nSPS) is 19.9. The second-order valence-corrected chi connectivity index (χ2v) is 8.14. The van der Waals surface area contributed by atoms with Gasteiger partial charge in [0.1, 0.15) is 5.82 Å². The van der Waals surface area contributed by atoms with Gasteiger partial charge in [-0.3, -0.25) is 4.98 Å². The third kappa shape index (κ3) is 3.30. The molecule has 0 amide bonds. The lowest BCUT2D eigenvalue weighted by Crippen LogP contribution is -2.38. The molecule has 0 N–H and O–H groups in total. The van der Waals surface area contributed by atoms with Gasteiger partial charge in [0.15, 0.2) is 0 Å². The van der Waals surface area contributed by atoms with Gasteiger partial charge in [0, 0.05) is 31.7 Å². The third-order valence-corrected chi connectivity index (χ3v) is 5.79. The number of nitrogens with zero attached hydrogens (tertiary/aromatic N) is 4. The fourth-order valence-electron chi connectivity index (χ4n) is 3.05. The molecule has 0 aromatic carbocycles. The minimum atomic E-state index is -3.14. The minimum Gasteiger partial charge on any atom is -0.330 e. The number of imidazole rings is 1. The fourth-order valence-corrected chi connectivity index (χ4v) is 3.96. The van der Waals surface area contributed by atoms with Gasteiger partial charge in [-0.05, 0) is 31.9 Å². The molecule has 6 nitrogen and oxygen atoms in total.